The van der Waals surface area contributed by atoms with E-state index in [0.717, 1.165) is 0 Å². The Balaban J connectivity index is 2.16. The van der Waals surface area contributed by atoms with Crippen molar-refractivity contribution in [3.05, 3.63) is 11.4 Å². The molecule has 1 aromatic rings. The average Bonchev–Trinajstić information content (AvgIpc) is 2.73. The van der Waals surface area contributed by atoms with E-state index in [2.05, 4.69) is 10.4 Å². The first kappa shape index (κ1) is 12.4. The van der Waals surface area contributed by atoms with Crippen LogP contribution in [0.4, 0.5) is 5.69 Å². The lowest BCUT2D eigenvalue weighted by atomic mass is 10.2. The fraction of sp³-hybridized carbons (Fsp3) is 0.545. The Kier molecular flexibility index (Phi) is 2.98. The number of amides is 2. The van der Waals surface area contributed by atoms with E-state index in [1.165, 1.54) is 4.68 Å². The molecule has 0 saturated carbocycles. The highest BCUT2D eigenvalue weighted by Gasteiger charge is 2.31. The fourth-order valence-electron chi connectivity index (χ4n) is 2.13. The number of nitrogens with two attached hydrogens (primary N) is 1. The van der Waals surface area contributed by atoms with E-state index < -0.39 is 6.04 Å². The van der Waals surface area contributed by atoms with Crippen molar-refractivity contribution < 1.29 is 9.59 Å². The summed E-state index contributed by atoms with van der Waals surface area (Å²) in [5, 5.41) is 6.78. The van der Waals surface area contributed by atoms with Gasteiger partial charge >= 0.3 is 0 Å². The molecule has 2 amide bonds. The van der Waals surface area contributed by atoms with Gasteiger partial charge in [-0.1, -0.05) is 0 Å². The topological polar surface area (TPSA) is 93.2 Å². The maximum Gasteiger partial charge on any atom is 0.272 e. The van der Waals surface area contributed by atoms with E-state index in [1.807, 2.05) is 0 Å². The molecule has 1 aliphatic rings. The second kappa shape index (κ2) is 4.32. The third-order valence-corrected chi connectivity index (χ3v) is 3.22. The Labute approximate surface area is 105 Å². The van der Waals surface area contributed by atoms with Crippen LogP contribution in [0, 0.1) is 6.92 Å². The molecule has 2 heterocycles. The number of carbonyl (C=O) groups excluding carboxylic acids is 2. The van der Waals surface area contributed by atoms with Crippen LogP contribution in [-0.4, -0.2) is 46.1 Å². The largest absolute Gasteiger partial charge is 0.395 e. The summed E-state index contributed by atoms with van der Waals surface area (Å²) in [7, 11) is 3.37. The van der Waals surface area contributed by atoms with Gasteiger partial charge in [-0.05, 0) is 13.3 Å². The number of hydrogen-bond acceptors (Lipinski definition) is 4. The van der Waals surface area contributed by atoms with Crippen LogP contribution in [0.3, 0.4) is 0 Å². The highest BCUT2D eigenvalue weighted by Crippen LogP contribution is 2.16. The first-order valence-electron chi connectivity index (χ1n) is 5.76. The van der Waals surface area contributed by atoms with Gasteiger partial charge in [-0.25, -0.2) is 0 Å². The minimum absolute atomic E-state index is 0.0687. The standard InChI is InChI=1S/C11H17N5O2/c1-6-8(12)9(16(3)14-6)10(17)13-7-4-5-15(2)11(7)18/h7H,4-5,12H2,1-3H3,(H,13,17). The third-order valence-electron chi connectivity index (χ3n) is 3.22. The molecule has 1 aromatic heterocycles. The zero-order valence-electron chi connectivity index (χ0n) is 10.7. The molecule has 7 heteroatoms. The van der Waals surface area contributed by atoms with Crippen LogP contribution in [0.25, 0.3) is 0 Å². The molecule has 0 bridgehead atoms. The fourth-order valence-corrected chi connectivity index (χ4v) is 2.13. The van der Waals surface area contributed by atoms with Gasteiger partial charge in [0.15, 0.2) is 0 Å². The summed E-state index contributed by atoms with van der Waals surface area (Å²) >= 11 is 0. The van der Waals surface area contributed by atoms with Crippen LogP contribution in [0.5, 0.6) is 0 Å². The molecule has 0 aromatic carbocycles. The van der Waals surface area contributed by atoms with Gasteiger partial charge in [0.1, 0.15) is 11.7 Å². The molecule has 98 valence electrons. The molecule has 1 aliphatic heterocycles. The number of aryl methyl sites for hydroxylation is 2. The van der Waals surface area contributed by atoms with Gasteiger partial charge in [0.2, 0.25) is 5.91 Å². The quantitative estimate of drug-likeness (QED) is 0.724. The van der Waals surface area contributed by atoms with Crippen molar-refractivity contribution in [3.8, 4) is 0 Å². The highest BCUT2D eigenvalue weighted by atomic mass is 16.2. The monoisotopic (exact) mass is 251 g/mol. The summed E-state index contributed by atoms with van der Waals surface area (Å²) < 4.78 is 1.43. The second-order valence-electron chi connectivity index (χ2n) is 4.55. The minimum Gasteiger partial charge on any atom is -0.395 e. The van der Waals surface area contributed by atoms with Crippen molar-refractivity contribution >= 4 is 17.5 Å². The molecule has 1 saturated heterocycles. The minimum atomic E-state index is -0.461. The lowest BCUT2D eigenvalue weighted by Crippen LogP contribution is -2.41. The van der Waals surface area contributed by atoms with Crippen LogP contribution in [0.15, 0.2) is 0 Å². The van der Waals surface area contributed by atoms with E-state index >= 15 is 0 Å². The van der Waals surface area contributed by atoms with E-state index in [9.17, 15) is 9.59 Å². The van der Waals surface area contributed by atoms with Gasteiger partial charge < -0.3 is 16.0 Å². The van der Waals surface area contributed by atoms with Crippen LogP contribution in [0.1, 0.15) is 22.6 Å². The Hall–Kier alpha value is -2.05. The lowest BCUT2D eigenvalue weighted by Gasteiger charge is -2.12. The van der Waals surface area contributed by atoms with Crippen molar-refractivity contribution in [3.63, 3.8) is 0 Å². The molecular formula is C11H17N5O2. The van der Waals surface area contributed by atoms with Crippen LogP contribution in [0.2, 0.25) is 0 Å². The molecular weight excluding hydrogens is 234 g/mol. The van der Waals surface area contributed by atoms with Crippen LogP contribution >= 0.6 is 0 Å². The van der Waals surface area contributed by atoms with Crippen molar-refractivity contribution in [1.29, 1.82) is 0 Å². The second-order valence-corrected chi connectivity index (χ2v) is 4.55. The normalized spacial score (nSPS) is 19.4. The van der Waals surface area contributed by atoms with Crippen molar-refractivity contribution in [2.24, 2.45) is 7.05 Å². The van der Waals surface area contributed by atoms with Crippen LogP contribution < -0.4 is 11.1 Å². The maximum absolute atomic E-state index is 12.1. The molecule has 2 rings (SSSR count). The first-order chi connectivity index (χ1) is 8.41. The number of nitrogen functional groups attached to an aromatic ring is 1. The van der Waals surface area contributed by atoms with E-state index in [1.54, 1.807) is 25.9 Å². The molecule has 0 aliphatic carbocycles. The first-order valence-corrected chi connectivity index (χ1v) is 5.76. The predicted octanol–water partition coefficient (Wildman–Crippen LogP) is -0.729. The molecule has 1 fully saturated rings. The smallest absolute Gasteiger partial charge is 0.272 e. The zero-order valence-corrected chi connectivity index (χ0v) is 10.7. The van der Waals surface area contributed by atoms with Crippen molar-refractivity contribution in [2.45, 2.75) is 19.4 Å². The number of likely N-dealkylation sites (tertiary alicyclic amines) is 1. The lowest BCUT2D eigenvalue weighted by molar-refractivity contribution is -0.128. The number of nitrogens with one attached hydrogen (secondary N) is 1. The average molecular weight is 251 g/mol. The molecule has 1 atom stereocenters. The summed E-state index contributed by atoms with van der Waals surface area (Å²) in [5.74, 6) is -0.426. The SMILES string of the molecule is Cc1nn(C)c(C(=O)NC2CCN(C)C2=O)c1N. The molecule has 18 heavy (non-hydrogen) atoms. The van der Waals surface area contributed by atoms with E-state index in [-0.39, 0.29) is 11.8 Å². The Morgan fingerprint density at radius 3 is 2.61 bits per heavy atom. The predicted molar refractivity (Wildman–Crippen MR) is 65.9 cm³/mol. The Morgan fingerprint density at radius 1 is 1.50 bits per heavy atom. The van der Waals surface area contributed by atoms with Crippen molar-refractivity contribution in [2.75, 3.05) is 19.3 Å². The Bertz CT molecular complexity index is 508. The number of likely N-dealkylation sites (N-methyl/N-ethyl adjacent to an activating group) is 1. The number of hydrogen-bond donors (Lipinski definition) is 2. The third kappa shape index (κ3) is 1.92. The molecule has 3 N–H and O–H groups in total. The van der Waals surface area contributed by atoms with E-state index in [4.69, 9.17) is 5.73 Å². The maximum atomic E-state index is 12.1. The molecule has 0 spiro atoms. The summed E-state index contributed by atoms with van der Waals surface area (Å²) in [5.41, 5.74) is 7.07. The highest BCUT2D eigenvalue weighted by molar-refractivity contribution is 6.00. The number of carbonyl (C=O) groups is 2. The van der Waals surface area contributed by atoms with Gasteiger partial charge in [0.25, 0.3) is 5.91 Å². The molecule has 0 radical (unpaired) electrons. The number of rotatable bonds is 2. The van der Waals surface area contributed by atoms with Gasteiger partial charge in [0, 0.05) is 20.6 Å². The van der Waals surface area contributed by atoms with Gasteiger partial charge in [-0.15, -0.1) is 0 Å². The Morgan fingerprint density at radius 2 is 2.17 bits per heavy atom. The number of nitrogens with zero attached hydrogens (tertiary/aromatic N) is 3. The zero-order chi connectivity index (χ0) is 13.4. The number of anilines is 1. The number of aromatic nitrogens is 2. The van der Waals surface area contributed by atoms with Crippen molar-refractivity contribution in [1.82, 2.24) is 20.0 Å². The van der Waals surface area contributed by atoms with Gasteiger partial charge in [-0.3, -0.25) is 14.3 Å². The summed E-state index contributed by atoms with van der Waals surface area (Å²) in [6, 6.07) is -0.461. The van der Waals surface area contributed by atoms with Gasteiger partial charge in [0.05, 0.1) is 11.4 Å². The molecule has 1 unspecified atom stereocenters. The van der Waals surface area contributed by atoms with E-state index in [0.29, 0.717) is 30.0 Å². The van der Waals surface area contributed by atoms with Crippen LogP contribution in [-0.2, 0) is 11.8 Å². The molecule has 7 nitrogen and oxygen atoms in total. The summed E-state index contributed by atoms with van der Waals surface area (Å²) in [6.45, 7) is 2.39. The van der Waals surface area contributed by atoms with Gasteiger partial charge in [-0.2, -0.15) is 5.10 Å². The summed E-state index contributed by atoms with van der Waals surface area (Å²) in [4.78, 5) is 25.4. The summed E-state index contributed by atoms with van der Waals surface area (Å²) in [6.07, 6.45) is 0.623.